The maximum atomic E-state index is 8.61. The highest BCUT2D eigenvalue weighted by atomic mass is 16.6. The first-order chi connectivity index (χ1) is 9.31. The molecular weight excluding hydrogens is 236 g/mol. The maximum Gasteiger partial charge on any atom is 0.0781 e. The van der Waals surface area contributed by atoms with E-state index < -0.39 is 0 Å². The van der Waals surface area contributed by atoms with Crippen LogP contribution in [0.1, 0.15) is 90.9 Å². The van der Waals surface area contributed by atoms with E-state index in [-0.39, 0.29) is 0 Å². The number of aliphatic hydroxyl groups excluding tert-OH is 1. The van der Waals surface area contributed by atoms with Crippen molar-refractivity contribution in [3.8, 4) is 0 Å². The van der Waals surface area contributed by atoms with E-state index in [1.807, 2.05) is 0 Å². The van der Waals surface area contributed by atoms with Crippen LogP contribution in [-0.4, -0.2) is 24.4 Å². The van der Waals surface area contributed by atoms with E-state index in [1.165, 1.54) is 70.6 Å². The van der Waals surface area contributed by atoms with Crippen molar-refractivity contribution in [3.05, 3.63) is 0 Å². The molecular formula is C17H36O2. The van der Waals surface area contributed by atoms with Gasteiger partial charge in [-0.1, -0.05) is 77.6 Å². The van der Waals surface area contributed by atoms with Crippen LogP contribution in [0.5, 0.6) is 0 Å². The van der Waals surface area contributed by atoms with Gasteiger partial charge in [0.05, 0.1) is 12.7 Å². The Hall–Kier alpha value is -0.0800. The molecule has 1 atom stereocenters. The third-order valence-corrected chi connectivity index (χ3v) is 3.51. The van der Waals surface area contributed by atoms with E-state index in [9.17, 15) is 0 Å². The van der Waals surface area contributed by atoms with Crippen molar-refractivity contribution in [2.45, 2.75) is 97.0 Å². The molecule has 1 rings (SSSR count). The molecule has 0 bridgehead atoms. The van der Waals surface area contributed by atoms with Crippen molar-refractivity contribution in [3.63, 3.8) is 0 Å². The van der Waals surface area contributed by atoms with Gasteiger partial charge in [-0.3, -0.25) is 0 Å². The smallest absolute Gasteiger partial charge is 0.0781 e. The average molecular weight is 272 g/mol. The van der Waals surface area contributed by atoms with Gasteiger partial charge in [0.1, 0.15) is 0 Å². The third kappa shape index (κ3) is 20.4. The Kier molecular flexibility index (Phi) is 15.9. The summed E-state index contributed by atoms with van der Waals surface area (Å²) in [7, 11) is 0. The summed E-state index contributed by atoms with van der Waals surface area (Å²) in [4.78, 5) is 0. The molecule has 1 heterocycles. The van der Waals surface area contributed by atoms with Gasteiger partial charge in [0.25, 0.3) is 0 Å². The number of hydrogen-bond donors (Lipinski definition) is 1. The zero-order valence-corrected chi connectivity index (χ0v) is 13.3. The normalized spacial score (nSPS) is 16.9. The maximum absolute atomic E-state index is 8.61. The fourth-order valence-electron chi connectivity index (χ4n) is 2.05. The van der Waals surface area contributed by atoms with Gasteiger partial charge in [-0.15, -0.1) is 0 Å². The lowest BCUT2D eigenvalue weighted by Gasteiger charge is -2.01. The summed E-state index contributed by atoms with van der Waals surface area (Å²) in [6, 6.07) is 0. The number of unbranched alkanes of at least 4 members (excludes halogenated alkanes) is 11. The van der Waals surface area contributed by atoms with E-state index in [2.05, 4.69) is 13.8 Å². The molecule has 0 saturated carbocycles. The lowest BCUT2D eigenvalue weighted by molar-refractivity contribution is 0.282. The average Bonchev–Trinajstić information content (AvgIpc) is 3.19. The molecule has 116 valence electrons. The number of rotatable bonds is 12. The van der Waals surface area contributed by atoms with Crippen molar-refractivity contribution in [1.29, 1.82) is 0 Å². The molecule has 0 spiro atoms. The molecule has 1 fully saturated rings. The second kappa shape index (κ2) is 16.0. The zero-order valence-electron chi connectivity index (χ0n) is 13.3. The molecule has 1 unspecified atom stereocenters. The number of ether oxygens (including phenoxy) is 1. The molecule has 1 saturated heterocycles. The van der Waals surface area contributed by atoms with Gasteiger partial charge in [-0.25, -0.2) is 0 Å². The van der Waals surface area contributed by atoms with Gasteiger partial charge in [-0.2, -0.15) is 0 Å². The second-order valence-electron chi connectivity index (χ2n) is 5.76. The van der Waals surface area contributed by atoms with Crippen LogP contribution in [0.25, 0.3) is 0 Å². The third-order valence-electron chi connectivity index (χ3n) is 3.51. The van der Waals surface area contributed by atoms with Crippen molar-refractivity contribution in [2.75, 3.05) is 13.2 Å². The van der Waals surface area contributed by atoms with Gasteiger partial charge in [0, 0.05) is 6.61 Å². The van der Waals surface area contributed by atoms with Gasteiger partial charge in [0.2, 0.25) is 0 Å². The Bertz CT molecular complexity index is 143. The highest BCUT2D eigenvalue weighted by Gasteiger charge is 2.13. The summed E-state index contributed by atoms with van der Waals surface area (Å²) in [5, 5.41) is 8.61. The summed E-state index contributed by atoms with van der Waals surface area (Å²) >= 11 is 0. The van der Waals surface area contributed by atoms with E-state index in [1.54, 1.807) is 0 Å². The zero-order chi connectivity index (χ0) is 14.2. The molecule has 1 N–H and O–H groups in total. The first-order valence-corrected chi connectivity index (χ1v) is 8.53. The Morgan fingerprint density at radius 3 is 1.37 bits per heavy atom. The molecule has 2 heteroatoms. The van der Waals surface area contributed by atoms with Crippen LogP contribution in [-0.2, 0) is 4.74 Å². The molecule has 0 aliphatic carbocycles. The first kappa shape index (κ1) is 18.9. The number of aliphatic hydroxyl groups is 1. The van der Waals surface area contributed by atoms with Gasteiger partial charge in [-0.05, 0) is 13.3 Å². The van der Waals surface area contributed by atoms with Crippen LogP contribution >= 0.6 is 0 Å². The minimum Gasteiger partial charge on any atom is -0.396 e. The number of hydrogen-bond acceptors (Lipinski definition) is 2. The van der Waals surface area contributed by atoms with Gasteiger partial charge < -0.3 is 9.84 Å². The predicted octanol–water partition coefficient (Wildman–Crippen LogP) is 5.08. The highest BCUT2D eigenvalue weighted by molar-refractivity contribution is 4.58. The molecule has 2 nitrogen and oxygen atoms in total. The van der Waals surface area contributed by atoms with Crippen LogP contribution in [0, 0.1) is 0 Å². The van der Waals surface area contributed by atoms with Crippen LogP contribution in [0.15, 0.2) is 0 Å². The lowest BCUT2D eigenvalue weighted by atomic mass is 10.1. The molecule has 0 aromatic carbocycles. The van der Waals surface area contributed by atoms with Crippen molar-refractivity contribution < 1.29 is 9.84 Å². The van der Waals surface area contributed by atoms with Crippen LogP contribution in [0.4, 0.5) is 0 Å². The minimum atomic E-state index is 0.372. The summed E-state index contributed by atoms with van der Waals surface area (Å²) in [6.45, 7) is 5.68. The van der Waals surface area contributed by atoms with E-state index in [4.69, 9.17) is 9.84 Å². The van der Waals surface area contributed by atoms with Crippen LogP contribution in [0.3, 0.4) is 0 Å². The predicted molar refractivity (Wildman–Crippen MR) is 83.6 cm³/mol. The minimum absolute atomic E-state index is 0.372. The fourth-order valence-corrected chi connectivity index (χ4v) is 2.05. The summed E-state index contributed by atoms with van der Waals surface area (Å²) < 4.78 is 4.71. The van der Waals surface area contributed by atoms with Crippen LogP contribution in [0.2, 0.25) is 0 Å². The Labute approximate surface area is 120 Å². The monoisotopic (exact) mass is 272 g/mol. The van der Waals surface area contributed by atoms with Crippen molar-refractivity contribution in [2.24, 2.45) is 0 Å². The first-order valence-electron chi connectivity index (χ1n) is 8.53. The Balaban J connectivity index is 0.000000678. The lowest BCUT2D eigenvalue weighted by Crippen LogP contribution is -1.84. The van der Waals surface area contributed by atoms with Gasteiger partial charge in [0.15, 0.2) is 0 Å². The van der Waals surface area contributed by atoms with Crippen molar-refractivity contribution >= 4 is 0 Å². The topological polar surface area (TPSA) is 32.8 Å². The molecule has 1 aliphatic heterocycles. The van der Waals surface area contributed by atoms with E-state index in [0.717, 1.165) is 13.0 Å². The number of epoxide rings is 1. The largest absolute Gasteiger partial charge is 0.396 e. The van der Waals surface area contributed by atoms with Crippen LogP contribution < -0.4 is 0 Å². The van der Waals surface area contributed by atoms with E-state index in [0.29, 0.717) is 12.7 Å². The molecule has 0 aromatic heterocycles. The van der Waals surface area contributed by atoms with Gasteiger partial charge >= 0.3 is 0 Å². The van der Waals surface area contributed by atoms with Crippen molar-refractivity contribution in [1.82, 2.24) is 0 Å². The highest BCUT2D eigenvalue weighted by Crippen LogP contribution is 2.11. The summed E-state index contributed by atoms with van der Waals surface area (Å²) in [5.74, 6) is 0. The molecule has 0 radical (unpaired) electrons. The molecule has 19 heavy (non-hydrogen) atoms. The summed E-state index contributed by atoms with van der Waals surface area (Å²) in [5.41, 5.74) is 0. The SMILES string of the molecule is CC1CO1.CCCCCCCCCCCCCCO. The Morgan fingerprint density at radius 2 is 1.11 bits per heavy atom. The van der Waals surface area contributed by atoms with E-state index >= 15 is 0 Å². The summed E-state index contributed by atoms with van der Waals surface area (Å²) in [6.07, 6.45) is 16.8. The molecule has 1 aliphatic rings. The molecule has 0 aromatic rings. The second-order valence-corrected chi connectivity index (χ2v) is 5.76. The standard InChI is InChI=1S/C14H30O.C3H6O/c1-2-3-4-5-6-7-8-9-10-11-12-13-14-15;1-3-2-4-3/h15H,2-14H2,1H3;3H,2H2,1H3. The fraction of sp³-hybridized carbons (Fsp3) is 1.00. The quantitative estimate of drug-likeness (QED) is 0.397. The Morgan fingerprint density at radius 1 is 0.789 bits per heavy atom. The molecule has 0 amide bonds.